The molecular weight excluding hydrogens is 378 g/mol. The van der Waals surface area contributed by atoms with E-state index in [-0.39, 0.29) is 32.1 Å². The summed E-state index contributed by atoms with van der Waals surface area (Å²) in [5.41, 5.74) is 0.507. The molecule has 158 valence electrons. The van der Waals surface area contributed by atoms with Crippen molar-refractivity contribution in [2.45, 2.75) is 72.4 Å². The lowest BCUT2D eigenvalue weighted by atomic mass is 9.84. The topological polar surface area (TPSA) is 48.0 Å². The highest BCUT2D eigenvalue weighted by molar-refractivity contribution is 6.31. The van der Waals surface area contributed by atoms with E-state index in [0.29, 0.717) is 17.2 Å². The summed E-state index contributed by atoms with van der Waals surface area (Å²) in [6.45, 7) is 10.1. The predicted octanol–water partition coefficient (Wildman–Crippen LogP) is 5.08. The van der Waals surface area contributed by atoms with Gasteiger partial charge in [-0.25, -0.2) is 0 Å². The van der Waals surface area contributed by atoms with E-state index < -0.39 is 5.60 Å². The van der Waals surface area contributed by atoms with Crippen molar-refractivity contribution in [3.05, 3.63) is 22.7 Å². The molecule has 0 aromatic heterocycles. The van der Waals surface area contributed by atoms with Gasteiger partial charge in [0.25, 0.3) is 0 Å². The molecule has 0 amide bonds. The number of halogens is 1. The average Bonchev–Trinajstić information content (AvgIpc) is 3.02. The summed E-state index contributed by atoms with van der Waals surface area (Å²) in [4.78, 5) is 15.3. The quantitative estimate of drug-likeness (QED) is 0.632. The molecule has 1 aromatic carbocycles. The number of nitrogens with zero attached hydrogens (tertiary/aromatic N) is 1. The van der Waals surface area contributed by atoms with Crippen LogP contribution in [0.25, 0.3) is 0 Å². The molecule has 6 heteroatoms. The van der Waals surface area contributed by atoms with E-state index in [1.807, 2.05) is 32.9 Å². The maximum absolute atomic E-state index is 12.9. The number of ether oxygens (including phenoxy) is 3. The fraction of sp³-hybridized carbons (Fsp3) is 0.682. The van der Waals surface area contributed by atoms with Gasteiger partial charge >= 0.3 is 5.97 Å². The van der Waals surface area contributed by atoms with Gasteiger partial charge in [0.15, 0.2) is 11.5 Å². The maximum Gasteiger partial charge on any atom is 0.311 e. The minimum absolute atomic E-state index is 0. The van der Waals surface area contributed by atoms with Crippen LogP contribution in [0.4, 0.5) is 0 Å². The Morgan fingerprint density at radius 3 is 2.61 bits per heavy atom. The Kier molecular flexibility index (Phi) is 7.63. The van der Waals surface area contributed by atoms with Crippen molar-refractivity contribution in [1.29, 1.82) is 0 Å². The first-order chi connectivity index (χ1) is 12.8. The zero-order chi connectivity index (χ0) is 19.6. The first kappa shape index (κ1) is 22.8. The van der Waals surface area contributed by atoms with E-state index in [1.165, 1.54) is 0 Å². The van der Waals surface area contributed by atoms with Gasteiger partial charge < -0.3 is 14.2 Å². The van der Waals surface area contributed by atoms with Crippen LogP contribution in [0, 0.1) is 5.92 Å². The van der Waals surface area contributed by atoms with E-state index in [2.05, 4.69) is 11.8 Å². The van der Waals surface area contributed by atoms with Gasteiger partial charge in [-0.2, -0.15) is 0 Å². The zero-order valence-corrected chi connectivity index (χ0v) is 17.5. The van der Waals surface area contributed by atoms with E-state index in [1.54, 1.807) is 0 Å². The highest BCUT2D eigenvalue weighted by Crippen LogP contribution is 2.39. The number of carbonyl (C=O) groups is 1. The van der Waals surface area contributed by atoms with Crippen LogP contribution in [-0.4, -0.2) is 42.4 Å². The Hall–Kier alpha value is -1.46. The molecule has 0 radical (unpaired) electrons. The fourth-order valence-corrected chi connectivity index (χ4v) is 4.19. The molecule has 2 heterocycles. The number of rotatable bonds is 5. The summed E-state index contributed by atoms with van der Waals surface area (Å²) in [5.74, 6) is 1.15. The zero-order valence-electron chi connectivity index (χ0n) is 16.7. The highest BCUT2D eigenvalue weighted by atomic mass is 35.5. The van der Waals surface area contributed by atoms with Gasteiger partial charge in [-0.05, 0) is 71.2 Å². The van der Waals surface area contributed by atoms with Crippen LogP contribution in [0.3, 0.4) is 0 Å². The molecule has 1 aromatic rings. The van der Waals surface area contributed by atoms with E-state index in [4.69, 9.17) is 25.8 Å². The highest BCUT2D eigenvalue weighted by Gasteiger charge is 2.38. The third-order valence-corrected chi connectivity index (χ3v) is 5.44. The number of fused-ring (bicyclic) bond motifs is 1. The summed E-state index contributed by atoms with van der Waals surface area (Å²) in [6, 6.07) is 3.84. The Morgan fingerprint density at radius 1 is 1.29 bits per heavy atom. The van der Waals surface area contributed by atoms with E-state index >= 15 is 0 Å². The number of hydrogen-bond acceptors (Lipinski definition) is 5. The molecule has 0 unspecified atom stereocenters. The Morgan fingerprint density at radius 2 is 1.96 bits per heavy atom. The minimum Gasteiger partial charge on any atom is -0.460 e. The van der Waals surface area contributed by atoms with Crippen molar-refractivity contribution in [2.24, 2.45) is 5.92 Å². The first-order valence-electron chi connectivity index (χ1n) is 9.83. The Balaban J connectivity index is 0.00000280. The van der Waals surface area contributed by atoms with Crippen molar-refractivity contribution in [3.8, 4) is 11.5 Å². The molecule has 0 spiro atoms. The van der Waals surface area contributed by atoms with Gasteiger partial charge in [-0.1, -0.05) is 26.0 Å². The molecule has 0 N–H and O–H groups in total. The van der Waals surface area contributed by atoms with Gasteiger partial charge in [0.1, 0.15) is 5.60 Å². The van der Waals surface area contributed by atoms with Crippen LogP contribution in [0.2, 0.25) is 5.02 Å². The normalized spacial score (nSPS) is 21.9. The monoisotopic (exact) mass is 411 g/mol. The van der Waals surface area contributed by atoms with Crippen LogP contribution in [0.15, 0.2) is 12.1 Å². The SMILES string of the molecule is C.CCCN1CCC[C@@H](C(=O)OC(C)(C)C)[C@H]1Cc1cc2c(cc1Cl)OCO2. The summed E-state index contributed by atoms with van der Waals surface area (Å²) >= 11 is 6.52. The fourth-order valence-electron chi connectivity index (χ4n) is 3.96. The lowest BCUT2D eigenvalue weighted by Crippen LogP contribution is -2.50. The number of carbonyl (C=O) groups excluding carboxylic acids is 1. The minimum atomic E-state index is -0.481. The lowest BCUT2D eigenvalue weighted by Gasteiger charge is -2.41. The number of piperidine rings is 1. The smallest absolute Gasteiger partial charge is 0.311 e. The van der Waals surface area contributed by atoms with Gasteiger partial charge in [0.05, 0.1) is 5.92 Å². The average molecular weight is 412 g/mol. The van der Waals surface area contributed by atoms with Crippen molar-refractivity contribution in [2.75, 3.05) is 19.9 Å². The van der Waals surface area contributed by atoms with Crippen LogP contribution < -0.4 is 9.47 Å². The molecule has 0 bridgehead atoms. The van der Waals surface area contributed by atoms with Crippen LogP contribution in [0.5, 0.6) is 11.5 Å². The van der Waals surface area contributed by atoms with Crippen molar-refractivity contribution >= 4 is 17.6 Å². The third kappa shape index (κ3) is 5.32. The molecule has 3 rings (SSSR count). The molecule has 2 atom stereocenters. The van der Waals surface area contributed by atoms with E-state index in [0.717, 1.165) is 43.7 Å². The molecule has 2 aliphatic rings. The standard InChI is InChI=1S/C21H30ClNO4.CH4/c1-5-8-23-9-6-7-15(20(24)27-21(2,3)4)17(23)10-14-11-18-19(12-16(14)22)26-13-25-18;/h11-12,15,17H,5-10,13H2,1-4H3;1H4/t15-,17-;/m1./s1. The Bertz CT molecular complexity index is 684. The molecule has 1 saturated heterocycles. The summed E-state index contributed by atoms with van der Waals surface area (Å²) in [7, 11) is 0. The maximum atomic E-state index is 12.9. The predicted molar refractivity (Wildman–Crippen MR) is 112 cm³/mol. The molecule has 2 aliphatic heterocycles. The van der Waals surface area contributed by atoms with Crippen molar-refractivity contribution < 1.29 is 19.0 Å². The molecular formula is C22H34ClNO4. The molecule has 28 heavy (non-hydrogen) atoms. The third-order valence-electron chi connectivity index (χ3n) is 5.08. The molecule has 0 saturated carbocycles. The lowest BCUT2D eigenvalue weighted by molar-refractivity contribution is -0.164. The molecule has 5 nitrogen and oxygen atoms in total. The molecule has 0 aliphatic carbocycles. The summed E-state index contributed by atoms with van der Waals surface area (Å²) < 4.78 is 16.7. The van der Waals surface area contributed by atoms with Crippen LogP contribution in [0.1, 0.15) is 59.9 Å². The molecule has 1 fully saturated rings. The van der Waals surface area contributed by atoms with Gasteiger partial charge in [0, 0.05) is 17.1 Å². The van der Waals surface area contributed by atoms with Gasteiger partial charge in [-0.3, -0.25) is 9.69 Å². The second-order valence-corrected chi connectivity index (χ2v) is 8.79. The van der Waals surface area contributed by atoms with Gasteiger partial charge in [0.2, 0.25) is 6.79 Å². The van der Waals surface area contributed by atoms with Crippen molar-refractivity contribution in [3.63, 3.8) is 0 Å². The Labute approximate surface area is 174 Å². The number of benzene rings is 1. The van der Waals surface area contributed by atoms with Crippen LogP contribution in [-0.2, 0) is 16.0 Å². The van der Waals surface area contributed by atoms with Gasteiger partial charge in [-0.15, -0.1) is 0 Å². The van der Waals surface area contributed by atoms with E-state index in [9.17, 15) is 4.79 Å². The summed E-state index contributed by atoms with van der Waals surface area (Å²) in [5, 5.41) is 0.657. The second-order valence-electron chi connectivity index (χ2n) is 8.39. The number of hydrogen-bond donors (Lipinski definition) is 0. The second kappa shape index (κ2) is 9.36. The largest absolute Gasteiger partial charge is 0.460 e. The van der Waals surface area contributed by atoms with Crippen LogP contribution >= 0.6 is 11.6 Å². The summed E-state index contributed by atoms with van der Waals surface area (Å²) in [6.07, 6.45) is 3.60. The first-order valence-corrected chi connectivity index (χ1v) is 10.2. The number of likely N-dealkylation sites (tertiary alicyclic amines) is 1. The van der Waals surface area contributed by atoms with Crippen molar-refractivity contribution in [1.82, 2.24) is 4.90 Å². The number of esters is 1.